The predicted molar refractivity (Wildman–Crippen MR) is 62.4 cm³/mol. The Balaban J connectivity index is 1.68. The van der Waals surface area contributed by atoms with Crippen LogP contribution in [-0.4, -0.2) is 47.7 Å². The number of nitrogens with one attached hydrogen (secondary N) is 1. The minimum atomic E-state index is -0.856. The second kappa shape index (κ2) is 4.97. The lowest BCUT2D eigenvalue weighted by atomic mass is 10.2. The van der Waals surface area contributed by atoms with Crippen LogP contribution in [0, 0.1) is 0 Å². The lowest BCUT2D eigenvalue weighted by Crippen LogP contribution is -2.34. The molecule has 1 heterocycles. The molecule has 4 nitrogen and oxygen atoms in total. The first-order valence-electron chi connectivity index (χ1n) is 6.02. The lowest BCUT2D eigenvalue weighted by molar-refractivity contribution is -0.131. The standard InChI is InChI=1S/C12H20N2O2/c1-9(6-12(15)16)7-13-10-4-5-14(8-10)11-2-3-11/h6,10-11,13H,2-5,7-8H2,1H3,(H,15,16). The maximum Gasteiger partial charge on any atom is 0.328 e. The van der Waals surface area contributed by atoms with Crippen LogP contribution in [0.3, 0.4) is 0 Å². The Morgan fingerprint density at radius 1 is 1.50 bits per heavy atom. The minimum absolute atomic E-state index is 0.540. The number of aliphatic carboxylic acids is 1. The van der Waals surface area contributed by atoms with Crippen molar-refractivity contribution in [2.24, 2.45) is 0 Å². The summed E-state index contributed by atoms with van der Waals surface area (Å²) in [7, 11) is 0. The van der Waals surface area contributed by atoms with Gasteiger partial charge in [-0.05, 0) is 26.2 Å². The summed E-state index contributed by atoms with van der Waals surface area (Å²) in [4.78, 5) is 13.0. The highest BCUT2D eigenvalue weighted by Crippen LogP contribution is 2.29. The number of nitrogens with zero attached hydrogens (tertiary/aromatic N) is 1. The van der Waals surface area contributed by atoms with Gasteiger partial charge in [-0.15, -0.1) is 0 Å². The molecule has 2 N–H and O–H groups in total. The van der Waals surface area contributed by atoms with Gasteiger partial charge < -0.3 is 10.4 Å². The van der Waals surface area contributed by atoms with Crippen molar-refractivity contribution in [2.75, 3.05) is 19.6 Å². The van der Waals surface area contributed by atoms with E-state index >= 15 is 0 Å². The van der Waals surface area contributed by atoms with Crippen molar-refractivity contribution in [1.29, 1.82) is 0 Å². The normalized spacial score (nSPS) is 27.3. The fraction of sp³-hybridized carbons (Fsp3) is 0.750. The number of rotatable bonds is 5. The molecule has 4 heteroatoms. The second-order valence-electron chi connectivity index (χ2n) is 4.92. The Bertz CT molecular complexity index is 297. The van der Waals surface area contributed by atoms with E-state index in [9.17, 15) is 4.79 Å². The Labute approximate surface area is 96.3 Å². The highest BCUT2D eigenvalue weighted by atomic mass is 16.4. The van der Waals surface area contributed by atoms with Crippen molar-refractivity contribution >= 4 is 5.97 Å². The fourth-order valence-electron chi connectivity index (χ4n) is 2.29. The van der Waals surface area contributed by atoms with Crippen LogP contribution in [0.4, 0.5) is 0 Å². The molecule has 16 heavy (non-hydrogen) atoms. The quantitative estimate of drug-likeness (QED) is 0.680. The predicted octanol–water partition coefficient (Wildman–Crippen LogP) is 0.844. The van der Waals surface area contributed by atoms with Crippen molar-refractivity contribution in [3.63, 3.8) is 0 Å². The first-order chi connectivity index (χ1) is 7.65. The monoisotopic (exact) mass is 224 g/mol. The molecule has 1 unspecified atom stereocenters. The molecule has 90 valence electrons. The van der Waals surface area contributed by atoms with Gasteiger partial charge in [-0.1, -0.05) is 5.57 Å². The summed E-state index contributed by atoms with van der Waals surface area (Å²) in [5.41, 5.74) is 0.886. The van der Waals surface area contributed by atoms with Crippen molar-refractivity contribution in [3.05, 3.63) is 11.6 Å². The summed E-state index contributed by atoms with van der Waals surface area (Å²) >= 11 is 0. The summed E-state index contributed by atoms with van der Waals surface area (Å²) in [6, 6.07) is 1.39. The summed E-state index contributed by atoms with van der Waals surface area (Å²) in [6.07, 6.45) is 5.20. The van der Waals surface area contributed by atoms with Gasteiger partial charge in [0.15, 0.2) is 0 Å². The van der Waals surface area contributed by atoms with Crippen molar-refractivity contribution in [2.45, 2.75) is 38.3 Å². The summed E-state index contributed by atoms with van der Waals surface area (Å²) < 4.78 is 0. The summed E-state index contributed by atoms with van der Waals surface area (Å²) in [6.45, 7) is 4.87. The number of hydrogen-bond acceptors (Lipinski definition) is 3. The van der Waals surface area contributed by atoms with Gasteiger partial charge in [0.25, 0.3) is 0 Å². The van der Waals surface area contributed by atoms with Crippen molar-refractivity contribution in [3.8, 4) is 0 Å². The van der Waals surface area contributed by atoms with E-state index in [4.69, 9.17) is 5.11 Å². The van der Waals surface area contributed by atoms with E-state index in [0.717, 1.165) is 18.2 Å². The Kier molecular flexibility index (Phi) is 3.61. The minimum Gasteiger partial charge on any atom is -0.478 e. The van der Waals surface area contributed by atoms with Crippen LogP contribution in [0.25, 0.3) is 0 Å². The van der Waals surface area contributed by atoms with Gasteiger partial charge in [-0.3, -0.25) is 4.90 Å². The molecule has 2 rings (SSSR count). The molecule has 0 radical (unpaired) electrons. The topological polar surface area (TPSA) is 52.6 Å². The smallest absolute Gasteiger partial charge is 0.328 e. The Hall–Kier alpha value is -0.870. The number of hydrogen-bond donors (Lipinski definition) is 2. The molecular formula is C12H20N2O2. The molecule has 0 bridgehead atoms. The third-order valence-electron chi connectivity index (χ3n) is 3.32. The van der Waals surface area contributed by atoms with Crippen LogP contribution in [0.5, 0.6) is 0 Å². The molecule has 2 fully saturated rings. The van der Waals surface area contributed by atoms with E-state index in [-0.39, 0.29) is 0 Å². The molecule has 1 aliphatic heterocycles. The van der Waals surface area contributed by atoms with Gasteiger partial charge in [0.1, 0.15) is 0 Å². The van der Waals surface area contributed by atoms with Gasteiger partial charge in [0.2, 0.25) is 0 Å². The molecule has 1 saturated heterocycles. The largest absolute Gasteiger partial charge is 0.478 e. The highest BCUT2D eigenvalue weighted by Gasteiger charge is 2.33. The van der Waals surface area contributed by atoms with Crippen molar-refractivity contribution < 1.29 is 9.90 Å². The Morgan fingerprint density at radius 3 is 2.88 bits per heavy atom. The van der Waals surface area contributed by atoms with Crippen LogP contribution in [-0.2, 0) is 4.79 Å². The maximum absolute atomic E-state index is 10.4. The van der Waals surface area contributed by atoms with E-state index in [1.807, 2.05) is 6.92 Å². The molecule has 0 spiro atoms. The van der Waals surface area contributed by atoms with Crippen LogP contribution in [0.2, 0.25) is 0 Å². The van der Waals surface area contributed by atoms with E-state index in [1.54, 1.807) is 0 Å². The molecule has 2 aliphatic rings. The van der Waals surface area contributed by atoms with E-state index < -0.39 is 5.97 Å². The van der Waals surface area contributed by atoms with E-state index in [0.29, 0.717) is 12.6 Å². The third kappa shape index (κ3) is 3.32. The molecule has 0 aromatic heterocycles. The molecule has 1 atom stereocenters. The fourth-order valence-corrected chi connectivity index (χ4v) is 2.29. The Morgan fingerprint density at radius 2 is 2.25 bits per heavy atom. The van der Waals surface area contributed by atoms with Gasteiger partial charge in [0, 0.05) is 37.8 Å². The molecule has 1 saturated carbocycles. The number of carboxylic acids is 1. The molecule has 0 amide bonds. The van der Waals surface area contributed by atoms with Crippen LogP contribution in [0.1, 0.15) is 26.2 Å². The SMILES string of the molecule is CC(=CC(=O)O)CNC1CCN(C2CC2)C1. The molecule has 0 aromatic carbocycles. The summed E-state index contributed by atoms with van der Waals surface area (Å²) in [5, 5.41) is 12.0. The lowest BCUT2D eigenvalue weighted by Gasteiger charge is -2.15. The second-order valence-corrected chi connectivity index (χ2v) is 4.92. The van der Waals surface area contributed by atoms with Crippen LogP contribution >= 0.6 is 0 Å². The van der Waals surface area contributed by atoms with E-state index in [1.165, 1.54) is 31.9 Å². The summed E-state index contributed by atoms with van der Waals surface area (Å²) in [5.74, 6) is -0.856. The number of likely N-dealkylation sites (tertiary alicyclic amines) is 1. The van der Waals surface area contributed by atoms with Crippen molar-refractivity contribution in [1.82, 2.24) is 10.2 Å². The maximum atomic E-state index is 10.4. The zero-order chi connectivity index (χ0) is 11.5. The molecule has 0 aromatic rings. The zero-order valence-corrected chi connectivity index (χ0v) is 9.78. The molecule has 1 aliphatic carbocycles. The van der Waals surface area contributed by atoms with Gasteiger partial charge in [-0.2, -0.15) is 0 Å². The highest BCUT2D eigenvalue weighted by molar-refractivity contribution is 5.80. The average molecular weight is 224 g/mol. The van der Waals surface area contributed by atoms with E-state index in [2.05, 4.69) is 10.2 Å². The van der Waals surface area contributed by atoms with Gasteiger partial charge in [0.05, 0.1) is 0 Å². The van der Waals surface area contributed by atoms with Crippen LogP contribution in [0.15, 0.2) is 11.6 Å². The third-order valence-corrected chi connectivity index (χ3v) is 3.32. The zero-order valence-electron chi connectivity index (χ0n) is 9.78. The number of carboxylic acid groups (broad SMARTS) is 1. The first-order valence-corrected chi connectivity index (χ1v) is 6.02. The van der Waals surface area contributed by atoms with Gasteiger partial charge >= 0.3 is 5.97 Å². The van der Waals surface area contributed by atoms with Crippen LogP contribution < -0.4 is 5.32 Å². The van der Waals surface area contributed by atoms with Gasteiger partial charge in [-0.25, -0.2) is 4.79 Å². The number of carbonyl (C=O) groups is 1. The first kappa shape index (κ1) is 11.6. The average Bonchev–Trinajstić information content (AvgIpc) is 2.94. The molecular weight excluding hydrogens is 204 g/mol.